The fourth-order valence-corrected chi connectivity index (χ4v) is 1.20. The minimum Gasteiger partial charge on any atom is -0.463 e. The highest BCUT2D eigenvalue weighted by atomic mass is 16.5. The van der Waals surface area contributed by atoms with E-state index in [1.54, 1.807) is 0 Å². The SMILES string of the molecule is CCCCCCC(=O)OC[C@H](O)COC. The predicted molar refractivity (Wildman–Crippen MR) is 57.6 cm³/mol. The summed E-state index contributed by atoms with van der Waals surface area (Å²) in [4.78, 5) is 11.1. The van der Waals surface area contributed by atoms with Crippen molar-refractivity contribution in [3.05, 3.63) is 0 Å². The molecular weight excluding hydrogens is 196 g/mol. The fraction of sp³-hybridized carbons (Fsp3) is 0.909. The van der Waals surface area contributed by atoms with Crippen molar-refractivity contribution in [2.45, 2.75) is 45.1 Å². The van der Waals surface area contributed by atoms with E-state index in [0.29, 0.717) is 6.42 Å². The van der Waals surface area contributed by atoms with Crippen LogP contribution in [0.1, 0.15) is 39.0 Å². The van der Waals surface area contributed by atoms with Crippen molar-refractivity contribution < 1.29 is 19.4 Å². The molecule has 0 fully saturated rings. The van der Waals surface area contributed by atoms with E-state index in [4.69, 9.17) is 9.47 Å². The summed E-state index contributed by atoms with van der Waals surface area (Å²) in [6, 6.07) is 0. The van der Waals surface area contributed by atoms with Gasteiger partial charge in [-0.1, -0.05) is 26.2 Å². The average molecular weight is 218 g/mol. The van der Waals surface area contributed by atoms with Gasteiger partial charge in [0.05, 0.1) is 6.61 Å². The lowest BCUT2D eigenvalue weighted by atomic mass is 10.2. The lowest BCUT2D eigenvalue weighted by molar-refractivity contribution is -0.147. The molecule has 15 heavy (non-hydrogen) atoms. The second kappa shape index (κ2) is 9.93. The lowest BCUT2D eigenvalue weighted by Gasteiger charge is -2.09. The van der Waals surface area contributed by atoms with Gasteiger partial charge in [0.2, 0.25) is 0 Å². The first kappa shape index (κ1) is 14.4. The first-order chi connectivity index (χ1) is 7.20. The van der Waals surface area contributed by atoms with Crippen LogP contribution < -0.4 is 0 Å². The maximum atomic E-state index is 11.1. The van der Waals surface area contributed by atoms with Crippen molar-refractivity contribution in [3.63, 3.8) is 0 Å². The van der Waals surface area contributed by atoms with E-state index in [-0.39, 0.29) is 19.2 Å². The van der Waals surface area contributed by atoms with E-state index in [2.05, 4.69) is 6.92 Å². The van der Waals surface area contributed by atoms with Gasteiger partial charge in [0, 0.05) is 13.5 Å². The summed E-state index contributed by atoms with van der Waals surface area (Å²) in [5.41, 5.74) is 0. The topological polar surface area (TPSA) is 55.8 Å². The summed E-state index contributed by atoms with van der Waals surface area (Å²) in [6.45, 7) is 2.35. The van der Waals surface area contributed by atoms with Gasteiger partial charge >= 0.3 is 5.97 Å². The quantitative estimate of drug-likeness (QED) is 0.471. The van der Waals surface area contributed by atoms with Crippen LogP contribution in [-0.4, -0.2) is 37.5 Å². The molecular formula is C11H22O4. The van der Waals surface area contributed by atoms with Crippen LogP contribution in [0, 0.1) is 0 Å². The van der Waals surface area contributed by atoms with Crippen LogP contribution in [-0.2, 0) is 14.3 Å². The van der Waals surface area contributed by atoms with E-state index in [0.717, 1.165) is 25.7 Å². The van der Waals surface area contributed by atoms with Crippen LogP contribution >= 0.6 is 0 Å². The third kappa shape index (κ3) is 9.69. The van der Waals surface area contributed by atoms with Crippen molar-refractivity contribution in [3.8, 4) is 0 Å². The average Bonchev–Trinajstić information content (AvgIpc) is 2.22. The molecule has 0 aromatic rings. The molecule has 1 atom stereocenters. The summed E-state index contributed by atoms with van der Waals surface area (Å²) in [5, 5.41) is 9.21. The second-order valence-electron chi connectivity index (χ2n) is 3.60. The van der Waals surface area contributed by atoms with Crippen LogP contribution in [0.3, 0.4) is 0 Å². The van der Waals surface area contributed by atoms with Gasteiger partial charge in [-0.05, 0) is 6.42 Å². The first-order valence-electron chi connectivity index (χ1n) is 5.53. The molecule has 0 saturated carbocycles. The summed E-state index contributed by atoms with van der Waals surface area (Å²) in [5.74, 6) is -0.235. The van der Waals surface area contributed by atoms with Crippen LogP contribution in [0.15, 0.2) is 0 Å². The van der Waals surface area contributed by atoms with Crippen LogP contribution in [0.25, 0.3) is 0 Å². The van der Waals surface area contributed by atoms with Crippen molar-refractivity contribution in [1.29, 1.82) is 0 Å². The van der Waals surface area contributed by atoms with Gasteiger partial charge in [-0.2, -0.15) is 0 Å². The number of ether oxygens (including phenoxy) is 2. The predicted octanol–water partition coefficient (Wildman–Crippen LogP) is 1.51. The number of carbonyl (C=O) groups excluding carboxylic acids is 1. The van der Waals surface area contributed by atoms with E-state index in [1.807, 2.05) is 0 Å². The number of aliphatic hydroxyl groups is 1. The molecule has 4 heteroatoms. The maximum Gasteiger partial charge on any atom is 0.305 e. The van der Waals surface area contributed by atoms with Crippen LogP contribution in [0.5, 0.6) is 0 Å². The Morgan fingerprint density at radius 1 is 1.27 bits per heavy atom. The Labute approximate surface area is 91.6 Å². The summed E-state index contributed by atoms with van der Waals surface area (Å²) in [7, 11) is 1.50. The van der Waals surface area contributed by atoms with Gasteiger partial charge in [0.1, 0.15) is 12.7 Å². The molecule has 0 bridgehead atoms. The Bertz CT molecular complexity index is 159. The Hall–Kier alpha value is -0.610. The number of unbranched alkanes of at least 4 members (excludes halogenated alkanes) is 3. The number of esters is 1. The molecule has 90 valence electrons. The summed E-state index contributed by atoms with van der Waals surface area (Å²) < 4.78 is 9.58. The third-order valence-corrected chi connectivity index (χ3v) is 2.03. The second-order valence-corrected chi connectivity index (χ2v) is 3.60. The van der Waals surface area contributed by atoms with Gasteiger partial charge in [-0.25, -0.2) is 0 Å². The third-order valence-electron chi connectivity index (χ3n) is 2.03. The van der Waals surface area contributed by atoms with E-state index >= 15 is 0 Å². The zero-order chi connectivity index (χ0) is 11.5. The minimum atomic E-state index is -0.713. The van der Waals surface area contributed by atoms with Gasteiger partial charge < -0.3 is 14.6 Å². The summed E-state index contributed by atoms with van der Waals surface area (Å²) in [6.07, 6.45) is 3.97. The number of aliphatic hydroxyl groups excluding tert-OH is 1. The number of methoxy groups -OCH3 is 1. The number of rotatable bonds is 9. The maximum absolute atomic E-state index is 11.1. The Balaban J connectivity index is 3.32. The van der Waals surface area contributed by atoms with Crippen LogP contribution in [0.4, 0.5) is 0 Å². The molecule has 0 aliphatic rings. The zero-order valence-corrected chi connectivity index (χ0v) is 9.70. The molecule has 0 spiro atoms. The van der Waals surface area contributed by atoms with Gasteiger partial charge in [0.15, 0.2) is 0 Å². The molecule has 0 aromatic carbocycles. The fourth-order valence-electron chi connectivity index (χ4n) is 1.20. The molecule has 0 amide bonds. The number of hydrogen-bond acceptors (Lipinski definition) is 4. The molecule has 0 heterocycles. The highest BCUT2D eigenvalue weighted by Crippen LogP contribution is 2.03. The van der Waals surface area contributed by atoms with E-state index in [9.17, 15) is 9.90 Å². The monoisotopic (exact) mass is 218 g/mol. The van der Waals surface area contributed by atoms with Crippen molar-refractivity contribution >= 4 is 5.97 Å². The molecule has 0 rings (SSSR count). The molecule has 0 aliphatic heterocycles. The van der Waals surface area contributed by atoms with Crippen molar-refractivity contribution in [2.75, 3.05) is 20.3 Å². The van der Waals surface area contributed by atoms with Crippen molar-refractivity contribution in [2.24, 2.45) is 0 Å². The zero-order valence-electron chi connectivity index (χ0n) is 9.70. The molecule has 0 aromatic heterocycles. The summed E-state index contributed by atoms with van der Waals surface area (Å²) >= 11 is 0. The highest BCUT2D eigenvalue weighted by Gasteiger charge is 2.07. The van der Waals surface area contributed by atoms with E-state index < -0.39 is 6.10 Å². The standard InChI is InChI=1S/C11H22O4/c1-3-4-5-6-7-11(13)15-9-10(12)8-14-2/h10,12H,3-9H2,1-2H3/t10-/m1/s1. The largest absolute Gasteiger partial charge is 0.463 e. The molecule has 4 nitrogen and oxygen atoms in total. The minimum absolute atomic E-state index is 0.0282. The van der Waals surface area contributed by atoms with Gasteiger partial charge in [-0.15, -0.1) is 0 Å². The molecule has 0 radical (unpaired) electrons. The van der Waals surface area contributed by atoms with Gasteiger partial charge in [0.25, 0.3) is 0 Å². The Morgan fingerprint density at radius 2 is 2.00 bits per heavy atom. The van der Waals surface area contributed by atoms with Crippen LogP contribution in [0.2, 0.25) is 0 Å². The smallest absolute Gasteiger partial charge is 0.305 e. The highest BCUT2D eigenvalue weighted by molar-refractivity contribution is 5.69. The van der Waals surface area contributed by atoms with E-state index in [1.165, 1.54) is 7.11 Å². The number of carbonyl (C=O) groups is 1. The molecule has 0 unspecified atom stereocenters. The molecule has 1 N–H and O–H groups in total. The molecule has 0 aliphatic carbocycles. The normalized spacial score (nSPS) is 12.5. The van der Waals surface area contributed by atoms with Gasteiger partial charge in [-0.3, -0.25) is 4.79 Å². The Morgan fingerprint density at radius 3 is 2.60 bits per heavy atom. The molecule has 0 saturated heterocycles. The first-order valence-corrected chi connectivity index (χ1v) is 5.53. The van der Waals surface area contributed by atoms with Crippen molar-refractivity contribution in [1.82, 2.24) is 0 Å². The number of hydrogen-bond donors (Lipinski definition) is 1. The lowest BCUT2D eigenvalue weighted by Crippen LogP contribution is -2.22. The Kier molecular flexibility index (Phi) is 9.52.